The van der Waals surface area contributed by atoms with Gasteiger partial charge in [-0.15, -0.1) is 0 Å². The van der Waals surface area contributed by atoms with Crippen molar-refractivity contribution in [3.05, 3.63) is 35.9 Å². The number of aryl methyl sites for hydroxylation is 1. The Kier molecular flexibility index (Phi) is 4.46. The summed E-state index contributed by atoms with van der Waals surface area (Å²) in [6.45, 7) is 0.645. The van der Waals surface area contributed by atoms with Gasteiger partial charge in [0.1, 0.15) is 6.04 Å². The van der Waals surface area contributed by atoms with E-state index in [2.05, 4.69) is 12.1 Å². The molecule has 1 aliphatic heterocycles. The number of fused-ring (bicyclic) bond motifs is 1. The summed E-state index contributed by atoms with van der Waals surface area (Å²) in [5, 5.41) is 9.49. The minimum absolute atomic E-state index is 0.0118. The van der Waals surface area contributed by atoms with Gasteiger partial charge in [-0.3, -0.25) is 4.79 Å². The molecule has 3 rings (SSSR count). The zero-order valence-electron chi connectivity index (χ0n) is 12.8. The van der Waals surface area contributed by atoms with E-state index < -0.39 is 12.0 Å². The molecule has 4 heteroatoms. The van der Waals surface area contributed by atoms with E-state index in [1.807, 2.05) is 18.2 Å². The van der Waals surface area contributed by atoms with Crippen molar-refractivity contribution in [3.8, 4) is 0 Å². The number of hydrogen-bond donors (Lipinski definition) is 1. The van der Waals surface area contributed by atoms with Gasteiger partial charge in [-0.2, -0.15) is 0 Å². The quantitative estimate of drug-likeness (QED) is 0.909. The largest absolute Gasteiger partial charge is 0.480 e. The molecule has 0 aromatic heterocycles. The topological polar surface area (TPSA) is 57.6 Å². The lowest BCUT2D eigenvalue weighted by Crippen LogP contribution is -2.43. The first-order chi connectivity index (χ1) is 10.7. The monoisotopic (exact) mass is 301 g/mol. The van der Waals surface area contributed by atoms with Gasteiger partial charge < -0.3 is 10.0 Å². The smallest absolute Gasteiger partial charge is 0.326 e. The molecule has 1 N–H and O–H groups in total. The van der Waals surface area contributed by atoms with Gasteiger partial charge >= 0.3 is 5.97 Å². The molecule has 1 aromatic rings. The molecule has 1 saturated carbocycles. The number of amides is 1. The average Bonchev–Trinajstić information content (AvgIpc) is 3.08. The molecule has 1 saturated heterocycles. The van der Waals surface area contributed by atoms with Gasteiger partial charge in [0.25, 0.3) is 0 Å². The van der Waals surface area contributed by atoms with E-state index in [4.69, 9.17) is 0 Å². The van der Waals surface area contributed by atoms with E-state index in [0.29, 0.717) is 18.9 Å². The fourth-order valence-corrected chi connectivity index (χ4v) is 4.11. The van der Waals surface area contributed by atoms with Crippen LogP contribution in [0.4, 0.5) is 0 Å². The van der Waals surface area contributed by atoms with E-state index >= 15 is 0 Å². The number of hydrogen-bond acceptors (Lipinski definition) is 2. The van der Waals surface area contributed by atoms with Crippen molar-refractivity contribution in [1.82, 2.24) is 4.90 Å². The number of rotatable bonds is 5. The second-order valence-electron chi connectivity index (χ2n) is 6.52. The predicted octanol–water partition coefficient (Wildman–Crippen LogP) is 2.72. The van der Waals surface area contributed by atoms with Crippen LogP contribution in [0.1, 0.15) is 37.7 Å². The third kappa shape index (κ3) is 3.01. The van der Waals surface area contributed by atoms with Gasteiger partial charge in [0.2, 0.25) is 5.91 Å². The van der Waals surface area contributed by atoms with Gasteiger partial charge in [-0.1, -0.05) is 36.8 Å². The highest BCUT2D eigenvalue weighted by atomic mass is 16.4. The maximum Gasteiger partial charge on any atom is 0.326 e. The van der Waals surface area contributed by atoms with Gasteiger partial charge in [-0.05, 0) is 43.1 Å². The Morgan fingerprint density at radius 3 is 2.68 bits per heavy atom. The molecule has 0 bridgehead atoms. The predicted molar refractivity (Wildman–Crippen MR) is 83.3 cm³/mol. The highest BCUT2D eigenvalue weighted by Gasteiger charge is 2.49. The lowest BCUT2D eigenvalue weighted by molar-refractivity contribution is -0.149. The minimum Gasteiger partial charge on any atom is -0.480 e. The van der Waals surface area contributed by atoms with E-state index in [1.165, 1.54) is 5.56 Å². The van der Waals surface area contributed by atoms with Gasteiger partial charge in [-0.25, -0.2) is 4.79 Å². The minimum atomic E-state index is -0.828. The Morgan fingerprint density at radius 1 is 1.18 bits per heavy atom. The van der Waals surface area contributed by atoms with Crippen LogP contribution in [0.25, 0.3) is 0 Å². The molecule has 4 nitrogen and oxygen atoms in total. The molecule has 3 unspecified atom stereocenters. The Bertz CT molecular complexity index is 543. The van der Waals surface area contributed by atoms with Gasteiger partial charge in [0, 0.05) is 13.0 Å². The summed E-state index contributed by atoms with van der Waals surface area (Å²) < 4.78 is 0. The highest BCUT2D eigenvalue weighted by Crippen LogP contribution is 2.42. The maximum atomic E-state index is 12.4. The summed E-state index contributed by atoms with van der Waals surface area (Å²) in [5.74, 6) is -0.238. The molecule has 0 spiro atoms. The molecule has 2 aliphatic rings. The van der Waals surface area contributed by atoms with Crippen molar-refractivity contribution in [2.75, 3.05) is 6.54 Å². The SMILES string of the molecule is O=C(O)C1C2CCCC2CN1C(=O)CCCc1ccccc1. The second kappa shape index (κ2) is 6.51. The van der Waals surface area contributed by atoms with E-state index in [0.717, 1.165) is 32.1 Å². The molecule has 1 heterocycles. The number of carbonyl (C=O) groups is 2. The number of carbonyl (C=O) groups excluding carboxylic acids is 1. The third-order valence-electron chi connectivity index (χ3n) is 5.16. The first-order valence-corrected chi connectivity index (χ1v) is 8.23. The summed E-state index contributed by atoms with van der Waals surface area (Å²) in [4.78, 5) is 25.6. The number of benzene rings is 1. The van der Waals surface area contributed by atoms with Crippen LogP contribution in [-0.4, -0.2) is 34.5 Å². The van der Waals surface area contributed by atoms with Crippen molar-refractivity contribution in [1.29, 1.82) is 0 Å². The fourth-order valence-electron chi connectivity index (χ4n) is 4.11. The molecule has 3 atom stereocenters. The Balaban J connectivity index is 1.56. The zero-order chi connectivity index (χ0) is 15.5. The fraction of sp³-hybridized carbons (Fsp3) is 0.556. The van der Waals surface area contributed by atoms with Gasteiger partial charge in [0.05, 0.1) is 0 Å². The first kappa shape index (κ1) is 15.1. The summed E-state index contributed by atoms with van der Waals surface area (Å²) in [6, 6.07) is 9.51. The highest BCUT2D eigenvalue weighted by molar-refractivity contribution is 5.84. The van der Waals surface area contributed by atoms with Crippen LogP contribution in [0.15, 0.2) is 30.3 Å². The Morgan fingerprint density at radius 2 is 1.95 bits per heavy atom. The van der Waals surface area contributed by atoms with Crippen molar-refractivity contribution in [2.45, 2.75) is 44.6 Å². The van der Waals surface area contributed by atoms with Crippen molar-refractivity contribution < 1.29 is 14.7 Å². The summed E-state index contributed by atoms with van der Waals surface area (Å²) >= 11 is 0. The van der Waals surface area contributed by atoms with Crippen LogP contribution in [-0.2, 0) is 16.0 Å². The lowest BCUT2D eigenvalue weighted by Gasteiger charge is -2.24. The Hall–Kier alpha value is -1.84. The van der Waals surface area contributed by atoms with E-state index in [-0.39, 0.29) is 11.8 Å². The molecule has 0 radical (unpaired) electrons. The lowest BCUT2D eigenvalue weighted by atomic mass is 9.94. The van der Waals surface area contributed by atoms with E-state index in [9.17, 15) is 14.7 Å². The summed E-state index contributed by atoms with van der Waals surface area (Å²) in [5.41, 5.74) is 1.23. The molecule has 118 valence electrons. The zero-order valence-corrected chi connectivity index (χ0v) is 12.8. The maximum absolute atomic E-state index is 12.4. The van der Waals surface area contributed by atoms with Crippen LogP contribution in [0.2, 0.25) is 0 Å². The molecule has 2 fully saturated rings. The number of carboxylic acid groups (broad SMARTS) is 1. The molecular weight excluding hydrogens is 278 g/mol. The van der Waals surface area contributed by atoms with Crippen molar-refractivity contribution in [2.24, 2.45) is 11.8 Å². The molecule has 1 aliphatic carbocycles. The Labute approximate surface area is 131 Å². The number of likely N-dealkylation sites (tertiary alicyclic amines) is 1. The van der Waals surface area contributed by atoms with Gasteiger partial charge in [0.15, 0.2) is 0 Å². The summed E-state index contributed by atoms with van der Waals surface area (Å²) in [6.07, 6.45) is 5.22. The van der Waals surface area contributed by atoms with E-state index in [1.54, 1.807) is 4.90 Å². The normalized spacial score (nSPS) is 26.9. The van der Waals surface area contributed by atoms with Crippen LogP contribution in [0.5, 0.6) is 0 Å². The second-order valence-corrected chi connectivity index (χ2v) is 6.52. The molecular formula is C18H23NO3. The van der Waals surface area contributed by atoms with Crippen molar-refractivity contribution >= 4 is 11.9 Å². The first-order valence-electron chi connectivity index (χ1n) is 8.23. The van der Waals surface area contributed by atoms with Crippen LogP contribution >= 0.6 is 0 Å². The summed E-state index contributed by atoms with van der Waals surface area (Å²) in [7, 11) is 0. The molecule has 22 heavy (non-hydrogen) atoms. The number of nitrogens with zero attached hydrogens (tertiary/aromatic N) is 1. The third-order valence-corrected chi connectivity index (χ3v) is 5.16. The van der Waals surface area contributed by atoms with Crippen LogP contribution in [0, 0.1) is 11.8 Å². The van der Waals surface area contributed by atoms with Crippen LogP contribution < -0.4 is 0 Å². The molecule has 1 aromatic carbocycles. The number of carboxylic acids is 1. The van der Waals surface area contributed by atoms with Crippen molar-refractivity contribution in [3.63, 3.8) is 0 Å². The number of aliphatic carboxylic acids is 1. The average molecular weight is 301 g/mol. The standard InChI is InChI=1S/C18H23NO3/c20-16(11-4-8-13-6-2-1-3-7-13)19-12-14-9-5-10-15(14)17(19)18(21)22/h1-3,6-7,14-15,17H,4-5,8-12H2,(H,21,22). The molecule has 1 amide bonds. The van der Waals surface area contributed by atoms with Crippen LogP contribution in [0.3, 0.4) is 0 Å².